The minimum atomic E-state index is -0.917. The molecular weight excluding hydrogens is 234 g/mol. The van der Waals surface area contributed by atoms with Crippen LogP contribution in [0, 0.1) is 5.92 Å². The fourth-order valence-corrected chi connectivity index (χ4v) is 2.51. The highest BCUT2D eigenvalue weighted by Gasteiger charge is 2.46. The number of nitrogens with zero attached hydrogens (tertiary/aromatic N) is 1. The number of rotatable bonds is 1. The number of aliphatic hydroxyl groups excluding tert-OH is 1. The molecule has 0 spiro atoms. The van der Waals surface area contributed by atoms with Crippen molar-refractivity contribution in [2.45, 2.75) is 19.3 Å². The summed E-state index contributed by atoms with van der Waals surface area (Å²) in [6, 6.07) is 6.36. The Labute approximate surface area is 104 Å². The number of imide groups is 1. The molecule has 1 aromatic carbocycles. The summed E-state index contributed by atoms with van der Waals surface area (Å²) in [6.07, 6.45) is -0.917. The Morgan fingerprint density at radius 2 is 1.78 bits per heavy atom. The van der Waals surface area contributed by atoms with Crippen LogP contribution >= 0.6 is 0 Å². The number of carbonyl (C=O) groups is 2. The molecule has 1 saturated heterocycles. The van der Waals surface area contributed by atoms with Gasteiger partial charge in [0.1, 0.15) is 0 Å². The third-order valence-electron chi connectivity index (χ3n) is 3.65. The zero-order valence-electron chi connectivity index (χ0n) is 9.87. The van der Waals surface area contributed by atoms with Gasteiger partial charge in [-0.05, 0) is 12.1 Å². The van der Waals surface area contributed by atoms with E-state index in [2.05, 4.69) is 0 Å². The first kappa shape index (κ1) is 11.4. The first-order chi connectivity index (χ1) is 8.61. The van der Waals surface area contributed by atoms with Crippen molar-refractivity contribution in [2.75, 3.05) is 6.61 Å². The van der Waals surface area contributed by atoms with E-state index in [1.165, 1.54) is 4.90 Å². The topological polar surface area (TPSA) is 66.8 Å². The Morgan fingerprint density at radius 3 is 2.22 bits per heavy atom. The molecule has 0 bridgehead atoms. The molecule has 18 heavy (non-hydrogen) atoms. The lowest BCUT2D eigenvalue weighted by Gasteiger charge is -2.24. The number of fused-ring (bicyclic) bond motifs is 1. The molecule has 0 aliphatic carbocycles. The highest BCUT2D eigenvalue weighted by atomic mass is 16.6. The van der Waals surface area contributed by atoms with E-state index < -0.39 is 12.3 Å². The Bertz CT molecular complexity index is 492. The molecule has 2 aliphatic rings. The minimum absolute atomic E-state index is 0.188. The van der Waals surface area contributed by atoms with E-state index in [9.17, 15) is 14.7 Å². The normalized spacial score (nSPS) is 31.0. The van der Waals surface area contributed by atoms with Crippen LogP contribution in [-0.4, -0.2) is 40.8 Å². The maximum atomic E-state index is 12.2. The molecule has 2 amide bonds. The van der Waals surface area contributed by atoms with Crippen LogP contribution in [0.5, 0.6) is 0 Å². The van der Waals surface area contributed by atoms with Gasteiger partial charge >= 0.3 is 0 Å². The SMILES string of the molecule is CC1C(O)OC[C@@H]1N1C(=O)c2ccccc2C1=O. The van der Waals surface area contributed by atoms with Gasteiger partial charge in [-0.25, -0.2) is 0 Å². The standard InChI is InChI=1S/C13H13NO4/c1-7-10(6-18-13(7)17)14-11(15)8-4-2-3-5-9(8)12(14)16/h2-5,7,10,13,17H,6H2,1H3/t7?,10-,13?/m0/s1. The van der Waals surface area contributed by atoms with Crippen LogP contribution < -0.4 is 0 Å². The predicted molar refractivity (Wildman–Crippen MR) is 61.9 cm³/mol. The first-order valence-corrected chi connectivity index (χ1v) is 5.88. The molecule has 3 atom stereocenters. The van der Waals surface area contributed by atoms with Crippen LogP contribution in [0.3, 0.4) is 0 Å². The van der Waals surface area contributed by atoms with Gasteiger partial charge in [-0.15, -0.1) is 0 Å². The van der Waals surface area contributed by atoms with Crippen molar-refractivity contribution < 1.29 is 19.4 Å². The van der Waals surface area contributed by atoms with Crippen molar-refractivity contribution in [1.29, 1.82) is 0 Å². The average Bonchev–Trinajstić information content (AvgIpc) is 2.82. The van der Waals surface area contributed by atoms with Gasteiger partial charge in [0.25, 0.3) is 11.8 Å². The third-order valence-corrected chi connectivity index (χ3v) is 3.65. The molecule has 2 unspecified atom stereocenters. The number of benzene rings is 1. The number of hydrogen-bond acceptors (Lipinski definition) is 4. The quantitative estimate of drug-likeness (QED) is 0.739. The van der Waals surface area contributed by atoms with Gasteiger partial charge < -0.3 is 9.84 Å². The highest BCUT2D eigenvalue weighted by molar-refractivity contribution is 6.21. The second-order valence-corrected chi connectivity index (χ2v) is 4.68. The summed E-state index contributed by atoms with van der Waals surface area (Å²) in [5, 5.41) is 9.55. The van der Waals surface area contributed by atoms with Crippen LogP contribution in [0.4, 0.5) is 0 Å². The fraction of sp³-hybridized carbons (Fsp3) is 0.385. The summed E-state index contributed by atoms with van der Waals surface area (Å²) in [4.78, 5) is 25.6. The molecular formula is C13H13NO4. The zero-order valence-corrected chi connectivity index (χ0v) is 9.87. The van der Waals surface area contributed by atoms with Crippen LogP contribution in [-0.2, 0) is 4.74 Å². The summed E-state index contributed by atoms with van der Waals surface area (Å²) >= 11 is 0. The molecule has 0 radical (unpaired) electrons. The van der Waals surface area contributed by atoms with Gasteiger partial charge in [-0.1, -0.05) is 19.1 Å². The molecule has 5 heteroatoms. The smallest absolute Gasteiger partial charge is 0.261 e. The van der Waals surface area contributed by atoms with Crippen molar-refractivity contribution in [3.63, 3.8) is 0 Å². The Kier molecular flexibility index (Phi) is 2.46. The molecule has 2 heterocycles. The summed E-state index contributed by atoms with van der Waals surface area (Å²) in [5.74, 6) is -0.873. The summed E-state index contributed by atoms with van der Waals surface area (Å²) in [7, 11) is 0. The van der Waals surface area contributed by atoms with Gasteiger partial charge in [0.05, 0.1) is 23.8 Å². The van der Waals surface area contributed by atoms with Crippen LogP contribution in [0.2, 0.25) is 0 Å². The molecule has 3 rings (SSSR count). The zero-order chi connectivity index (χ0) is 12.9. The number of hydrogen-bond donors (Lipinski definition) is 1. The van der Waals surface area contributed by atoms with Crippen molar-refractivity contribution in [2.24, 2.45) is 5.92 Å². The maximum Gasteiger partial charge on any atom is 0.261 e. The van der Waals surface area contributed by atoms with Crippen LogP contribution in [0.25, 0.3) is 0 Å². The highest BCUT2D eigenvalue weighted by Crippen LogP contribution is 2.31. The first-order valence-electron chi connectivity index (χ1n) is 5.88. The fourth-order valence-electron chi connectivity index (χ4n) is 2.51. The summed E-state index contributed by atoms with van der Waals surface area (Å²) < 4.78 is 5.10. The molecule has 2 aliphatic heterocycles. The van der Waals surface area contributed by atoms with Gasteiger partial charge in [0, 0.05) is 5.92 Å². The van der Waals surface area contributed by atoms with Crippen molar-refractivity contribution >= 4 is 11.8 Å². The van der Waals surface area contributed by atoms with Gasteiger partial charge in [-0.3, -0.25) is 14.5 Å². The Balaban J connectivity index is 1.98. The van der Waals surface area contributed by atoms with E-state index in [0.29, 0.717) is 11.1 Å². The van der Waals surface area contributed by atoms with Gasteiger partial charge in [0.15, 0.2) is 6.29 Å². The number of carbonyl (C=O) groups excluding carboxylic acids is 2. The molecule has 1 aromatic rings. The van der Waals surface area contributed by atoms with E-state index >= 15 is 0 Å². The van der Waals surface area contributed by atoms with E-state index in [0.717, 1.165) is 0 Å². The van der Waals surface area contributed by atoms with Crippen LogP contribution in [0.1, 0.15) is 27.6 Å². The van der Waals surface area contributed by atoms with Gasteiger partial charge in [-0.2, -0.15) is 0 Å². The number of amides is 2. The number of aliphatic hydroxyl groups is 1. The lowest BCUT2D eigenvalue weighted by atomic mass is 10.0. The minimum Gasteiger partial charge on any atom is -0.368 e. The van der Waals surface area contributed by atoms with Crippen molar-refractivity contribution in [3.8, 4) is 0 Å². The number of ether oxygens (including phenoxy) is 1. The second kappa shape index (κ2) is 3.90. The van der Waals surface area contributed by atoms with E-state index in [1.54, 1.807) is 31.2 Å². The predicted octanol–water partition coefficient (Wildman–Crippen LogP) is 0.636. The Morgan fingerprint density at radius 1 is 1.22 bits per heavy atom. The Hall–Kier alpha value is -1.72. The van der Waals surface area contributed by atoms with E-state index in [1.807, 2.05) is 0 Å². The van der Waals surface area contributed by atoms with Crippen LogP contribution in [0.15, 0.2) is 24.3 Å². The van der Waals surface area contributed by atoms with Crippen molar-refractivity contribution in [3.05, 3.63) is 35.4 Å². The van der Waals surface area contributed by atoms with E-state index in [-0.39, 0.29) is 24.3 Å². The van der Waals surface area contributed by atoms with Crippen molar-refractivity contribution in [1.82, 2.24) is 4.90 Å². The average molecular weight is 247 g/mol. The monoisotopic (exact) mass is 247 g/mol. The lowest BCUT2D eigenvalue weighted by Crippen LogP contribution is -2.44. The molecule has 94 valence electrons. The largest absolute Gasteiger partial charge is 0.368 e. The summed E-state index contributed by atoms with van der Waals surface area (Å²) in [5.41, 5.74) is 0.854. The molecule has 5 nitrogen and oxygen atoms in total. The second-order valence-electron chi connectivity index (χ2n) is 4.68. The summed E-state index contributed by atoms with van der Waals surface area (Å²) in [6.45, 7) is 1.96. The third kappa shape index (κ3) is 1.41. The lowest BCUT2D eigenvalue weighted by molar-refractivity contribution is -0.0787. The van der Waals surface area contributed by atoms with E-state index in [4.69, 9.17) is 4.74 Å². The van der Waals surface area contributed by atoms with Gasteiger partial charge in [0.2, 0.25) is 0 Å². The molecule has 1 N–H and O–H groups in total. The maximum absolute atomic E-state index is 12.2. The molecule has 0 aromatic heterocycles. The molecule has 0 saturated carbocycles. The molecule has 1 fully saturated rings.